The number of benzene rings is 1. The fraction of sp³-hybridized carbons (Fsp3) is 0.412. The zero-order valence-corrected chi connectivity index (χ0v) is 16.0. The van der Waals surface area contributed by atoms with Crippen LogP contribution in [0.1, 0.15) is 22.5 Å². The predicted octanol–water partition coefficient (Wildman–Crippen LogP) is 2.84. The summed E-state index contributed by atoms with van der Waals surface area (Å²) in [5.41, 5.74) is 1.99. The molecule has 0 bridgehead atoms. The normalized spacial score (nSPS) is 11.3. The largest absolute Gasteiger partial charge is 0.383 e. The van der Waals surface area contributed by atoms with E-state index in [-0.39, 0.29) is 5.69 Å². The van der Waals surface area contributed by atoms with Crippen LogP contribution in [0.3, 0.4) is 0 Å². The van der Waals surface area contributed by atoms with E-state index in [9.17, 15) is 10.1 Å². The molecule has 0 saturated carbocycles. The molecule has 0 aliphatic rings. The number of nitrogens with one attached hydrogen (secondary N) is 3. The van der Waals surface area contributed by atoms with E-state index in [4.69, 9.17) is 0 Å². The van der Waals surface area contributed by atoms with Crippen LogP contribution in [0, 0.1) is 24.0 Å². The average Bonchev–Trinajstić information content (AvgIpc) is 2.94. The molecular weight excluding hydrogens is 352 g/mol. The molecule has 0 amide bonds. The fourth-order valence-corrected chi connectivity index (χ4v) is 3.04. The number of nitro groups is 1. The summed E-state index contributed by atoms with van der Waals surface area (Å²) in [6, 6.07) is 6.37. The van der Waals surface area contributed by atoms with Crippen LogP contribution in [-0.2, 0) is 6.54 Å². The highest BCUT2D eigenvalue weighted by Gasteiger charge is 2.05. The smallest absolute Gasteiger partial charge is 0.269 e. The van der Waals surface area contributed by atoms with Gasteiger partial charge in [-0.3, -0.25) is 10.1 Å². The van der Waals surface area contributed by atoms with Crippen molar-refractivity contribution in [3.05, 3.63) is 50.0 Å². The Hall–Kier alpha value is -2.68. The average molecular weight is 376 g/mol. The summed E-state index contributed by atoms with van der Waals surface area (Å²) in [5.74, 6) is 0.739. The van der Waals surface area contributed by atoms with Gasteiger partial charge in [-0.25, -0.2) is 9.98 Å². The quantitative estimate of drug-likeness (QED) is 0.215. The Kier molecular flexibility index (Phi) is 7.34. The van der Waals surface area contributed by atoms with Crippen molar-refractivity contribution in [2.75, 3.05) is 25.0 Å². The van der Waals surface area contributed by atoms with E-state index in [1.54, 1.807) is 23.5 Å². The van der Waals surface area contributed by atoms with Crippen LogP contribution in [0.25, 0.3) is 0 Å². The molecular formula is C17H24N6O2S. The Balaban J connectivity index is 1.80. The van der Waals surface area contributed by atoms with Gasteiger partial charge in [0.05, 0.1) is 17.2 Å². The van der Waals surface area contributed by atoms with E-state index in [2.05, 4.69) is 32.9 Å². The highest BCUT2D eigenvalue weighted by atomic mass is 32.1. The van der Waals surface area contributed by atoms with Gasteiger partial charge in [0.25, 0.3) is 5.69 Å². The molecule has 9 heteroatoms. The van der Waals surface area contributed by atoms with Gasteiger partial charge in [0.15, 0.2) is 5.96 Å². The summed E-state index contributed by atoms with van der Waals surface area (Å²) in [6.45, 7) is 8.74. The number of aliphatic imine (C=N–C) groups is 1. The van der Waals surface area contributed by atoms with Crippen LogP contribution in [0.2, 0.25) is 0 Å². The molecule has 3 N–H and O–H groups in total. The minimum Gasteiger partial charge on any atom is -0.383 e. The van der Waals surface area contributed by atoms with Crippen LogP contribution in [-0.4, -0.2) is 35.5 Å². The molecule has 0 aliphatic heterocycles. The van der Waals surface area contributed by atoms with Gasteiger partial charge in [-0.2, -0.15) is 0 Å². The first-order chi connectivity index (χ1) is 12.5. The Morgan fingerprint density at radius 3 is 2.54 bits per heavy atom. The maximum absolute atomic E-state index is 10.6. The second-order valence-corrected chi connectivity index (χ2v) is 6.89. The number of guanidine groups is 1. The molecule has 8 nitrogen and oxygen atoms in total. The molecule has 2 rings (SSSR count). The molecule has 2 aromatic rings. The van der Waals surface area contributed by atoms with E-state index >= 15 is 0 Å². The molecule has 1 heterocycles. The standard InChI is InChI=1S/C17H24N6O2S/c1-4-18-17(21-11-16-22-12(2)13(3)26-16)20-10-9-19-14-5-7-15(8-6-14)23(24)25/h5-8,19H,4,9-11H2,1-3H3,(H2,18,20,21). The van der Waals surface area contributed by atoms with Crippen molar-refractivity contribution in [2.45, 2.75) is 27.3 Å². The summed E-state index contributed by atoms with van der Waals surface area (Å²) >= 11 is 1.67. The van der Waals surface area contributed by atoms with Gasteiger partial charge >= 0.3 is 0 Å². The van der Waals surface area contributed by atoms with E-state index < -0.39 is 4.92 Å². The number of hydrogen-bond acceptors (Lipinski definition) is 6. The molecule has 0 unspecified atom stereocenters. The van der Waals surface area contributed by atoms with Gasteiger partial charge in [0, 0.05) is 42.3 Å². The van der Waals surface area contributed by atoms with E-state index in [1.807, 2.05) is 13.8 Å². The fourth-order valence-electron chi connectivity index (χ4n) is 2.18. The highest BCUT2D eigenvalue weighted by molar-refractivity contribution is 7.11. The Labute approximate surface area is 156 Å². The first kappa shape index (κ1) is 19.6. The van der Waals surface area contributed by atoms with E-state index in [1.165, 1.54) is 17.0 Å². The topological polar surface area (TPSA) is 104 Å². The number of aryl methyl sites for hydroxylation is 2. The number of thiazole rings is 1. The van der Waals surface area contributed by atoms with Gasteiger partial charge < -0.3 is 16.0 Å². The lowest BCUT2D eigenvalue weighted by molar-refractivity contribution is -0.384. The molecule has 1 aromatic carbocycles. The maximum Gasteiger partial charge on any atom is 0.269 e. The molecule has 26 heavy (non-hydrogen) atoms. The van der Waals surface area contributed by atoms with Crippen molar-refractivity contribution in [1.29, 1.82) is 0 Å². The van der Waals surface area contributed by atoms with Crippen LogP contribution in [0.4, 0.5) is 11.4 Å². The monoisotopic (exact) mass is 376 g/mol. The number of anilines is 1. The van der Waals surface area contributed by atoms with Crippen LogP contribution in [0.5, 0.6) is 0 Å². The summed E-state index contributed by atoms with van der Waals surface area (Å²) in [4.78, 5) is 20.5. The SMILES string of the molecule is CCNC(=NCc1nc(C)c(C)s1)NCCNc1ccc([N+](=O)[O-])cc1. The molecule has 0 aliphatic carbocycles. The number of nitro benzene ring substituents is 1. The van der Waals surface area contributed by atoms with Gasteiger partial charge in [-0.1, -0.05) is 0 Å². The lowest BCUT2D eigenvalue weighted by Crippen LogP contribution is -2.39. The molecule has 1 aromatic heterocycles. The van der Waals surface area contributed by atoms with Crippen LogP contribution in [0.15, 0.2) is 29.3 Å². The number of nitrogens with zero attached hydrogens (tertiary/aromatic N) is 3. The summed E-state index contributed by atoms with van der Waals surface area (Å²) in [6.07, 6.45) is 0. The van der Waals surface area contributed by atoms with Crippen LogP contribution >= 0.6 is 11.3 Å². The van der Waals surface area contributed by atoms with Gasteiger partial charge in [0.1, 0.15) is 5.01 Å². The lowest BCUT2D eigenvalue weighted by atomic mass is 10.3. The van der Waals surface area contributed by atoms with E-state index in [0.717, 1.165) is 28.9 Å². The molecule has 0 saturated heterocycles. The molecule has 0 radical (unpaired) electrons. The number of aromatic nitrogens is 1. The Bertz CT molecular complexity index is 738. The Morgan fingerprint density at radius 2 is 1.96 bits per heavy atom. The molecule has 0 atom stereocenters. The zero-order chi connectivity index (χ0) is 18.9. The van der Waals surface area contributed by atoms with Gasteiger partial charge in [-0.15, -0.1) is 11.3 Å². The maximum atomic E-state index is 10.6. The van der Waals surface area contributed by atoms with Gasteiger partial charge in [0.2, 0.25) is 0 Å². The molecule has 0 fully saturated rings. The third-order valence-corrected chi connectivity index (χ3v) is 4.67. The van der Waals surface area contributed by atoms with Crippen molar-refractivity contribution in [3.8, 4) is 0 Å². The minimum atomic E-state index is -0.407. The molecule has 140 valence electrons. The second-order valence-electron chi connectivity index (χ2n) is 5.60. The van der Waals surface area contributed by atoms with Crippen LogP contribution < -0.4 is 16.0 Å². The first-order valence-corrected chi connectivity index (χ1v) is 9.24. The van der Waals surface area contributed by atoms with Crippen molar-refractivity contribution in [2.24, 2.45) is 4.99 Å². The van der Waals surface area contributed by atoms with Crippen molar-refractivity contribution >= 4 is 28.7 Å². The van der Waals surface area contributed by atoms with Gasteiger partial charge in [-0.05, 0) is 32.9 Å². The van der Waals surface area contributed by atoms with Crippen molar-refractivity contribution < 1.29 is 4.92 Å². The minimum absolute atomic E-state index is 0.0860. The third-order valence-electron chi connectivity index (χ3n) is 3.61. The van der Waals surface area contributed by atoms with Crippen molar-refractivity contribution in [3.63, 3.8) is 0 Å². The summed E-state index contributed by atoms with van der Waals surface area (Å²) in [5, 5.41) is 21.3. The highest BCUT2D eigenvalue weighted by Crippen LogP contribution is 2.17. The number of rotatable bonds is 8. The number of hydrogen-bond donors (Lipinski definition) is 3. The number of non-ortho nitro benzene ring substituents is 1. The van der Waals surface area contributed by atoms with E-state index in [0.29, 0.717) is 19.6 Å². The summed E-state index contributed by atoms with van der Waals surface area (Å²) < 4.78 is 0. The summed E-state index contributed by atoms with van der Waals surface area (Å²) in [7, 11) is 0. The zero-order valence-electron chi connectivity index (χ0n) is 15.2. The van der Waals surface area contributed by atoms with Crippen molar-refractivity contribution in [1.82, 2.24) is 15.6 Å². The Morgan fingerprint density at radius 1 is 1.23 bits per heavy atom. The first-order valence-electron chi connectivity index (χ1n) is 8.43. The molecule has 0 spiro atoms. The third kappa shape index (κ3) is 5.99. The second kappa shape index (κ2) is 9.71. The lowest BCUT2D eigenvalue weighted by Gasteiger charge is -2.12. The predicted molar refractivity (Wildman–Crippen MR) is 106 cm³/mol.